The molecule has 11 nitrogen and oxygen atoms in total. The molecule has 2 aliphatic heterocycles. The highest BCUT2D eigenvalue weighted by atomic mass is 32.2. The first-order valence-electron chi connectivity index (χ1n) is 9.34. The zero-order chi connectivity index (χ0) is 22.3. The summed E-state index contributed by atoms with van der Waals surface area (Å²) in [6, 6.07) is -0.0928. The summed E-state index contributed by atoms with van der Waals surface area (Å²) in [5, 5.41) is 0. The first-order valence-corrected chi connectivity index (χ1v) is 11.2. The van der Waals surface area contributed by atoms with Gasteiger partial charge in [0.1, 0.15) is 17.0 Å². The number of hydrogen-bond acceptors (Lipinski definition) is 10. The topological polar surface area (TPSA) is 163 Å². The number of carbonyl (C=O) groups is 1. The lowest BCUT2D eigenvalue weighted by Gasteiger charge is -2.45. The molecule has 1 aromatic rings. The maximum absolute atomic E-state index is 12.5. The highest BCUT2D eigenvalue weighted by Gasteiger charge is 2.43. The Balaban J connectivity index is 2.21. The van der Waals surface area contributed by atoms with Crippen molar-refractivity contribution in [1.82, 2.24) is 9.97 Å². The summed E-state index contributed by atoms with van der Waals surface area (Å²) in [6.07, 6.45) is 3.30. The van der Waals surface area contributed by atoms with E-state index in [0.717, 1.165) is 18.7 Å². The van der Waals surface area contributed by atoms with Crippen molar-refractivity contribution in [2.75, 3.05) is 31.0 Å². The number of primary amides is 1. The molecule has 0 bridgehead atoms. The molecule has 0 unspecified atom stereocenters. The standard InChI is InChI=1S/C18H26N6O5S/c1-10-7-28-8-12-9-29-13-14(18(2,3)30(4,26)27)22-17(23-16(13)24(10)12)21-6-11(5-19)15(20)25/h5-6,10,12H,7-9,19H2,1-4H3,(H2,20,25)/t10-,12+/m1/s1. The summed E-state index contributed by atoms with van der Waals surface area (Å²) in [6.45, 7) is 6.34. The van der Waals surface area contributed by atoms with E-state index >= 15 is 0 Å². The minimum absolute atomic E-state index is 0.0163. The van der Waals surface area contributed by atoms with Crippen LogP contribution in [0.4, 0.5) is 11.8 Å². The molecule has 2 aliphatic rings. The molecule has 0 saturated carbocycles. The lowest BCUT2D eigenvalue weighted by molar-refractivity contribution is -0.114. The Morgan fingerprint density at radius 1 is 1.30 bits per heavy atom. The third-order valence-corrected chi connectivity index (χ3v) is 7.37. The van der Waals surface area contributed by atoms with Gasteiger partial charge in [0, 0.05) is 18.7 Å². The van der Waals surface area contributed by atoms with Gasteiger partial charge in [0.25, 0.3) is 11.9 Å². The van der Waals surface area contributed by atoms with Crippen LogP contribution in [0.25, 0.3) is 0 Å². The number of nitrogens with zero attached hydrogens (tertiary/aromatic N) is 4. The van der Waals surface area contributed by atoms with Crippen LogP contribution in [0.1, 0.15) is 26.5 Å². The van der Waals surface area contributed by atoms with E-state index in [0.29, 0.717) is 31.4 Å². The van der Waals surface area contributed by atoms with E-state index in [2.05, 4.69) is 15.0 Å². The van der Waals surface area contributed by atoms with Gasteiger partial charge >= 0.3 is 0 Å². The van der Waals surface area contributed by atoms with E-state index in [4.69, 9.17) is 20.9 Å². The van der Waals surface area contributed by atoms with Crippen molar-refractivity contribution in [3.8, 4) is 5.75 Å². The maximum atomic E-state index is 12.5. The Morgan fingerprint density at radius 3 is 2.60 bits per heavy atom. The normalized spacial score (nSPS) is 22.4. The van der Waals surface area contributed by atoms with Crippen LogP contribution < -0.4 is 21.1 Å². The molecule has 1 fully saturated rings. The first kappa shape index (κ1) is 22.0. The van der Waals surface area contributed by atoms with E-state index < -0.39 is 20.5 Å². The SMILES string of the molecule is C[C@@H]1COC[C@H]2COc3c(nc(N=CC(=CN)C(N)=O)nc3C(C)(C)S(C)(=O)=O)N21. The summed E-state index contributed by atoms with van der Waals surface area (Å²) in [4.78, 5) is 26.4. The molecule has 4 N–H and O–H groups in total. The summed E-state index contributed by atoms with van der Waals surface area (Å²) < 4.78 is 35.2. The molecule has 30 heavy (non-hydrogen) atoms. The van der Waals surface area contributed by atoms with Crippen molar-refractivity contribution in [2.24, 2.45) is 16.5 Å². The molecular weight excluding hydrogens is 412 g/mol. The zero-order valence-corrected chi connectivity index (χ0v) is 18.1. The molecule has 164 valence electrons. The minimum Gasteiger partial charge on any atom is -0.486 e. The van der Waals surface area contributed by atoms with Crippen LogP contribution in [-0.2, 0) is 24.1 Å². The van der Waals surface area contributed by atoms with Crippen LogP contribution in [0.3, 0.4) is 0 Å². The lowest BCUT2D eigenvalue weighted by Crippen LogP contribution is -2.56. The molecule has 0 radical (unpaired) electrons. The second-order valence-electron chi connectivity index (χ2n) is 7.81. The van der Waals surface area contributed by atoms with Crippen LogP contribution >= 0.6 is 0 Å². The third kappa shape index (κ3) is 3.84. The number of sulfone groups is 1. The van der Waals surface area contributed by atoms with E-state index in [1.807, 2.05) is 11.8 Å². The van der Waals surface area contributed by atoms with E-state index in [-0.39, 0.29) is 29.3 Å². The molecule has 0 aliphatic carbocycles. The van der Waals surface area contributed by atoms with Crippen molar-refractivity contribution >= 4 is 33.7 Å². The van der Waals surface area contributed by atoms with Crippen LogP contribution in [0.2, 0.25) is 0 Å². The quantitative estimate of drug-likeness (QED) is 0.467. The Bertz CT molecular complexity index is 1020. The van der Waals surface area contributed by atoms with Gasteiger partial charge in [-0.05, 0) is 20.8 Å². The third-order valence-electron chi connectivity index (χ3n) is 5.32. The minimum atomic E-state index is -3.57. The zero-order valence-electron chi connectivity index (χ0n) is 17.3. The van der Waals surface area contributed by atoms with Crippen LogP contribution in [0, 0.1) is 0 Å². The second-order valence-corrected chi connectivity index (χ2v) is 10.4. The van der Waals surface area contributed by atoms with E-state index in [1.165, 1.54) is 0 Å². The summed E-state index contributed by atoms with van der Waals surface area (Å²) in [5.74, 6) is -0.0581. The summed E-state index contributed by atoms with van der Waals surface area (Å²) in [5.41, 5.74) is 10.8. The van der Waals surface area contributed by atoms with Gasteiger partial charge in [-0.25, -0.2) is 18.4 Å². The summed E-state index contributed by atoms with van der Waals surface area (Å²) >= 11 is 0. The number of anilines is 1. The predicted molar refractivity (Wildman–Crippen MR) is 112 cm³/mol. The average Bonchev–Trinajstić information content (AvgIpc) is 2.66. The molecule has 1 aromatic heterocycles. The van der Waals surface area contributed by atoms with Gasteiger partial charge in [-0.15, -0.1) is 0 Å². The number of hydrogen-bond donors (Lipinski definition) is 2. The molecule has 2 atom stereocenters. The molecule has 3 rings (SSSR count). The molecule has 0 aromatic carbocycles. The predicted octanol–water partition coefficient (Wildman–Crippen LogP) is -0.227. The molecular formula is C18H26N6O5S. The maximum Gasteiger partial charge on any atom is 0.251 e. The molecule has 12 heteroatoms. The monoisotopic (exact) mass is 438 g/mol. The van der Waals surface area contributed by atoms with Gasteiger partial charge in [-0.3, -0.25) is 4.79 Å². The Kier molecular flexibility index (Phi) is 5.74. The van der Waals surface area contributed by atoms with Gasteiger partial charge in [0.2, 0.25) is 0 Å². The van der Waals surface area contributed by atoms with Crippen molar-refractivity contribution in [2.45, 2.75) is 37.6 Å². The molecule has 1 amide bonds. The fraction of sp³-hybridized carbons (Fsp3) is 0.556. The number of aliphatic imine (C=N–C) groups is 1. The van der Waals surface area contributed by atoms with Crippen LogP contribution in [0.15, 0.2) is 16.8 Å². The number of amides is 1. The number of rotatable bonds is 5. The number of morpholine rings is 1. The van der Waals surface area contributed by atoms with Crippen molar-refractivity contribution in [3.63, 3.8) is 0 Å². The van der Waals surface area contributed by atoms with Gasteiger partial charge < -0.3 is 25.8 Å². The van der Waals surface area contributed by atoms with Gasteiger partial charge in [-0.2, -0.15) is 4.98 Å². The van der Waals surface area contributed by atoms with Gasteiger partial charge in [0.15, 0.2) is 21.4 Å². The Morgan fingerprint density at radius 2 is 2.00 bits per heavy atom. The second kappa shape index (κ2) is 7.84. The van der Waals surface area contributed by atoms with E-state index in [9.17, 15) is 13.2 Å². The highest BCUT2D eigenvalue weighted by Crippen LogP contribution is 2.44. The van der Waals surface area contributed by atoms with Gasteiger partial charge in [0.05, 0.1) is 30.9 Å². The van der Waals surface area contributed by atoms with Crippen LogP contribution in [-0.4, -0.2) is 68.7 Å². The first-order chi connectivity index (χ1) is 14.0. The molecule has 1 saturated heterocycles. The van der Waals surface area contributed by atoms with Gasteiger partial charge in [-0.1, -0.05) is 0 Å². The Hall–Kier alpha value is -2.73. The fourth-order valence-electron chi connectivity index (χ4n) is 3.28. The number of carbonyl (C=O) groups excluding carboxylic acids is 1. The summed E-state index contributed by atoms with van der Waals surface area (Å²) in [7, 11) is -3.57. The number of nitrogens with two attached hydrogens (primary N) is 2. The number of fused-ring (bicyclic) bond motifs is 3. The molecule has 0 spiro atoms. The van der Waals surface area contributed by atoms with Crippen molar-refractivity contribution in [1.29, 1.82) is 0 Å². The lowest BCUT2D eigenvalue weighted by atomic mass is 10.0. The van der Waals surface area contributed by atoms with Crippen LogP contribution in [0.5, 0.6) is 5.75 Å². The smallest absolute Gasteiger partial charge is 0.251 e. The van der Waals surface area contributed by atoms with Crippen molar-refractivity contribution in [3.05, 3.63) is 17.5 Å². The number of aromatic nitrogens is 2. The van der Waals surface area contributed by atoms with E-state index in [1.54, 1.807) is 13.8 Å². The fourth-order valence-corrected chi connectivity index (χ4v) is 3.77. The van der Waals surface area contributed by atoms with Crippen molar-refractivity contribution < 1.29 is 22.7 Å². The highest BCUT2D eigenvalue weighted by molar-refractivity contribution is 7.91. The largest absolute Gasteiger partial charge is 0.486 e. The Labute approximate surface area is 175 Å². The average molecular weight is 439 g/mol. The molecule has 3 heterocycles. The number of ether oxygens (including phenoxy) is 2.